The fourth-order valence-corrected chi connectivity index (χ4v) is 3.83. The summed E-state index contributed by atoms with van der Waals surface area (Å²) >= 11 is 0. The van der Waals surface area contributed by atoms with Crippen LogP contribution in [0.5, 0.6) is 0 Å². The summed E-state index contributed by atoms with van der Waals surface area (Å²) in [5.74, 6) is 0.343. The maximum Gasteiger partial charge on any atom is 0.257 e. The number of nitrogens with zero attached hydrogens (tertiary/aromatic N) is 2. The third-order valence-corrected chi connectivity index (χ3v) is 5.47. The molecule has 0 saturated carbocycles. The Morgan fingerprint density at radius 3 is 2.66 bits per heavy atom. The molecule has 2 aromatic rings. The summed E-state index contributed by atoms with van der Waals surface area (Å²) < 4.78 is 16.3. The lowest BCUT2D eigenvalue weighted by Gasteiger charge is -2.23. The third kappa shape index (κ3) is 3.58. The van der Waals surface area contributed by atoms with Gasteiger partial charge in [-0.3, -0.25) is 9.36 Å². The molecule has 1 aliphatic carbocycles. The van der Waals surface area contributed by atoms with Gasteiger partial charge in [-0.15, -0.1) is 0 Å². The number of fused-ring (bicyclic) bond motifs is 1. The Balaban J connectivity index is 1.74. The van der Waals surface area contributed by atoms with Crippen molar-refractivity contribution in [2.45, 2.75) is 33.4 Å². The maximum atomic E-state index is 14.5. The van der Waals surface area contributed by atoms with Gasteiger partial charge in [-0.05, 0) is 38.0 Å². The molecule has 0 bridgehead atoms. The molecule has 0 unspecified atom stereocenters. The van der Waals surface area contributed by atoms with Gasteiger partial charge in [-0.1, -0.05) is 42.0 Å². The minimum atomic E-state index is -0.348. The second-order valence-electron chi connectivity index (χ2n) is 7.58. The predicted octanol–water partition coefficient (Wildman–Crippen LogP) is 4.26. The van der Waals surface area contributed by atoms with Gasteiger partial charge in [0.05, 0.1) is 17.1 Å². The summed E-state index contributed by atoms with van der Waals surface area (Å²) in [7, 11) is 0. The Bertz CT molecular complexity index is 1100. The van der Waals surface area contributed by atoms with E-state index >= 15 is 0 Å². The van der Waals surface area contributed by atoms with Crippen LogP contribution in [0.2, 0.25) is 0 Å². The van der Waals surface area contributed by atoms with Crippen molar-refractivity contribution in [1.82, 2.24) is 4.57 Å². The maximum absolute atomic E-state index is 14.5. The molecule has 29 heavy (non-hydrogen) atoms. The number of hydrogen-bond donors (Lipinski definition) is 2. The number of pyridine rings is 1. The second-order valence-corrected chi connectivity index (χ2v) is 7.58. The van der Waals surface area contributed by atoms with Crippen molar-refractivity contribution in [3.8, 4) is 0 Å². The van der Waals surface area contributed by atoms with Gasteiger partial charge in [0.25, 0.3) is 5.56 Å². The second kappa shape index (κ2) is 7.62. The van der Waals surface area contributed by atoms with Crippen molar-refractivity contribution in [2.24, 2.45) is 0 Å². The Kier molecular flexibility index (Phi) is 5.01. The van der Waals surface area contributed by atoms with E-state index < -0.39 is 0 Å². The first-order valence-electron chi connectivity index (χ1n) is 9.78. The van der Waals surface area contributed by atoms with E-state index in [-0.39, 0.29) is 11.4 Å². The number of nitrogen functional groups attached to an aromatic ring is 1. The minimum absolute atomic E-state index is 0.0994. The van der Waals surface area contributed by atoms with Gasteiger partial charge in [0.15, 0.2) is 0 Å². The highest BCUT2D eigenvalue weighted by Gasteiger charge is 2.27. The largest absolute Gasteiger partial charge is 0.394 e. The fourth-order valence-electron chi connectivity index (χ4n) is 3.83. The fraction of sp³-hybridized carbons (Fsp3) is 0.261. The average Bonchev–Trinajstić information content (AvgIpc) is 3.07. The molecule has 0 atom stereocenters. The van der Waals surface area contributed by atoms with Crippen LogP contribution >= 0.6 is 0 Å². The SMILES string of the molecule is CC1=CC=C(Nc2c(N)c3n(c(=O)c2C)CCN3Cc2ccccc2)C(F)=CC1. The highest BCUT2D eigenvalue weighted by Crippen LogP contribution is 2.36. The van der Waals surface area contributed by atoms with Gasteiger partial charge in [0.2, 0.25) is 0 Å². The van der Waals surface area contributed by atoms with E-state index in [9.17, 15) is 9.18 Å². The van der Waals surface area contributed by atoms with Crippen molar-refractivity contribution in [3.63, 3.8) is 0 Å². The van der Waals surface area contributed by atoms with Crippen molar-refractivity contribution >= 4 is 17.2 Å². The molecular formula is C23H25FN4O. The van der Waals surface area contributed by atoms with Crippen LogP contribution in [0.3, 0.4) is 0 Å². The summed E-state index contributed by atoms with van der Waals surface area (Å²) in [6.07, 6.45) is 5.66. The number of anilines is 3. The van der Waals surface area contributed by atoms with Gasteiger partial charge >= 0.3 is 0 Å². The molecule has 1 aromatic heterocycles. The highest BCUT2D eigenvalue weighted by atomic mass is 19.1. The van der Waals surface area contributed by atoms with Gasteiger partial charge < -0.3 is 16.0 Å². The molecular weight excluding hydrogens is 367 g/mol. The Labute approximate surface area is 169 Å². The molecule has 4 rings (SSSR count). The van der Waals surface area contributed by atoms with Gasteiger partial charge in [-0.25, -0.2) is 4.39 Å². The van der Waals surface area contributed by atoms with Crippen LogP contribution in [0, 0.1) is 6.92 Å². The smallest absolute Gasteiger partial charge is 0.257 e. The van der Waals surface area contributed by atoms with Crippen molar-refractivity contribution in [2.75, 3.05) is 22.5 Å². The van der Waals surface area contributed by atoms with Crippen LogP contribution in [-0.4, -0.2) is 11.1 Å². The highest BCUT2D eigenvalue weighted by molar-refractivity contribution is 5.83. The molecule has 0 fully saturated rings. The summed E-state index contributed by atoms with van der Waals surface area (Å²) in [6.45, 7) is 5.63. The molecule has 3 N–H and O–H groups in total. The van der Waals surface area contributed by atoms with Gasteiger partial charge in [0.1, 0.15) is 11.6 Å². The lowest BCUT2D eigenvalue weighted by molar-refractivity contribution is 0.649. The Hall–Kier alpha value is -3.28. The Morgan fingerprint density at radius 1 is 1.14 bits per heavy atom. The zero-order valence-corrected chi connectivity index (χ0v) is 16.7. The molecule has 6 heteroatoms. The Morgan fingerprint density at radius 2 is 1.90 bits per heavy atom. The number of hydrogen-bond acceptors (Lipinski definition) is 4. The van der Waals surface area contributed by atoms with Crippen LogP contribution in [0.15, 0.2) is 70.5 Å². The van der Waals surface area contributed by atoms with Crippen molar-refractivity contribution < 1.29 is 4.39 Å². The van der Waals surface area contributed by atoms with Crippen LogP contribution in [-0.2, 0) is 13.1 Å². The standard InChI is InChI=1S/C23H25FN4O/c1-15-8-10-18(24)19(11-9-15)26-21-16(2)23(29)28-13-12-27(22(28)20(21)25)14-17-6-4-3-5-7-17/h3-7,9-11,26H,8,12-14,25H2,1-2H3. The number of nitrogens with one attached hydrogen (secondary N) is 1. The first-order valence-corrected chi connectivity index (χ1v) is 9.78. The van der Waals surface area contributed by atoms with E-state index in [0.29, 0.717) is 54.5 Å². The van der Waals surface area contributed by atoms with Crippen LogP contribution in [0.1, 0.15) is 24.5 Å². The first kappa shape index (κ1) is 19.1. The molecule has 0 radical (unpaired) electrons. The monoisotopic (exact) mass is 392 g/mol. The summed E-state index contributed by atoms with van der Waals surface area (Å²) in [5, 5.41) is 3.09. The van der Waals surface area contributed by atoms with Crippen molar-refractivity contribution in [3.05, 3.63) is 87.1 Å². The number of aromatic nitrogens is 1. The molecule has 2 heterocycles. The molecule has 150 valence electrons. The van der Waals surface area contributed by atoms with Gasteiger partial charge in [-0.2, -0.15) is 0 Å². The molecule has 0 amide bonds. The normalized spacial score (nSPS) is 16.0. The predicted molar refractivity (Wildman–Crippen MR) is 117 cm³/mol. The van der Waals surface area contributed by atoms with Crippen LogP contribution < -0.4 is 21.5 Å². The quantitative estimate of drug-likeness (QED) is 0.816. The van der Waals surface area contributed by atoms with E-state index in [0.717, 1.165) is 11.1 Å². The zero-order chi connectivity index (χ0) is 20.5. The summed E-state index contributed by atoms with van der Waals surface area (Å²) in [6, 6.07) is 10.1. The molecule has 1 aliphatic heterocycles. The third-order valence-electron chi connectivity index (χ3n) is 5.47. The summed E-state index contributed by atoms with van der Waals surface area (Å²) in [4.78, 5) is 15.1. The number of benzene rings is 1. The first-order chi connectivity index (χ1) is 14.0. The molecule has 2 aliphatic rings. The average molecular weight is 392 g/mol. The number of allylic oxidation sites excluding steroid dienone is 5. The topological polar surface area (TPSA) is 63.3 Å². The number of nitrogens with two attached hydrogens (primary N) is 1. The molecule has 0 saturated heterocycles. The number of rotatable bonds is 4. The number of halogens is 1. The van der Waals surface area contributed by atoms with E-state index in [4.69, 9.17) is 5.73 Å². The van der Waals surface area contributed by atoms with Crippen LogP contribution in [0.25, 0.3) is 0 Å². The lowest BCUT2D eigenvalue weighted by atomic mass is 10.1. The van der Waals surface area contributed by atoms with Crippen molar-refractivity contribution in [1.29, 1.82) is 0 Å². The molecule has 0 spiro atoms. The van der Waals surface area contributed by atoms with E-state index in [1.165, 1.54) is 6.08 Å². The minimum Gasteiger partial charge on any atom is -0.394 e. The zero-order valence-electron chi connectivity index (χ0n) is 16.7. The van der Waals surface area contributed by atoms with E-state index in [1.807, 2.05) is 31.2 Å². The molecule has 5 nitrogen and oxygen atoms in total. The van der Waals surface area contributed by atoms with E-state index in [1.54, 1.807) is 17.6 Å². The van der Waals surface area contributed by atoms with Crippen LogP contribution in [0.4, 0.5) is 21.6 Å². The summed E-state index contributed by atoms with van der Waals surface area (Å²) in [5.41, 5.74) is 10.4. The van der Waals surface area contributed by atoms with E-state index in [2.05, 4.69) is 22.3 Å². The molecule has 1 aromatic carbocycles. The van der Waals surface area contributed by atoms with Gasteiger partial charge in [0, 0.05) is 25.2 Å². The lowest BCUT2D eigenvalue weighted by Crippen LogP contribution is -2.26.